The maximum absolute atomic E-state index is 13.1. The van der Waals surface area contributed by atoms with Gasteiger partial charge in [-0.05, 0) is 17.7 Å². The molecule has 25 heavy (non-hydrogen) atoms. The van der Waals surface area contributed by atoms with E-state index in [1.807, 2.05) is 65.7 Å². The van der Waals surface area contributed by atoms with Gasteiger partial charge in [-0.15, -0.1) is 0 Å². The Morgan fingerprint density at radius 1 is 1.00 bits per heavy atom. The Balaban J connectivity index is 1.79. The maximum Gasteiger partial charge on any atom is 0.230 e. The summed E-state index contributed by atoms with van der Waals surface area (Å²) < 4.78 is 0. The van der Waals surface area contributed by atoms with E-state index in [2.05, 4.69) is 4.99 Å². The van der Waals surface area contributed by atoms with E-state index in [0.29, 0.717) is 22.1 Å². The molecule has 3 aliphatic rings. The molecule has 5 heteroatoms. The Morgan fingerprint density at radius 3 is 2.60 bits per heavy atom. The number of ketones is 1. The van der Waals surface area contributed by atoms with Crippen LogP contribution >= 0.6 is 11.6 Å². The zero-order chi connectivity index (χ0) is 17.0. The molecule has 0 amide bonds. The van der Waals surface area contributed by atoms with Crippen molar-refractivity contribution in [3.8, 4) is 0 Å². The third-order valence-corrected chi connectivity index (χ3v) is 4.96. The van der Waals surface area contributed by atoms with Crippen molar-refractivity contribution in [3.63, 3.8) is 0 Å². The Hall–Kier alpha value is -2.98. The SMILES string of the molecule is O=C1C2=C(c3ccccc31)N1C=CC=NC1=NC2c1ccccc1Cl. The summed E-state index contributed by atoms with van der Waals surface area (Å²) in [6, 6.07) is 14.7. The monoisotopic (exact) mass is 345 g/mol. The zero-order valence-electron chi connectivity index (χ0n) is 13.1. The van der Waals surface area contributed by atoms with Crippen molar-refractivity contribution in [2.75, 3.05) is 0 Å². The number of hydrogen-bond acceptors (Lipinski definition) is 4. The van der Waals surface area contributed by atoms with E-state index in [9.17, 15) is 4.79 Å². The quantitative estimate of drug-likeness (QED) is 0.775. The second kappa shape index (κ2) is 5.26. The third-order valence-electron chi connectivity index (χ3n) is 4.61. The minimum atomic E-state index is -0.460. The van der Waals surface area contributed by atoms with E-state index >= 15 is 0 Å². The van der Waals surface area contributed by atoms with Gasteiger partial charge in [0.2, 0.25) is 5.96 Å². The number of nitrogens with zero attached hydrogens (tertiary/aromatic N) is 3. The second-order valence-electron chi connectivity index (χ2n) is 5.98. The molecule has 1 atom stereocenters. The molecule has 0 aromatic heterocycles. The van der Waals surface area contributed by atoms with Crippen molar-refractivity contribution in [1.82, 2.24) is 4.90 Å². The normalized spacial score (nSPS) is 20.4. The van der Waals surface area contributed by atoms with Gasteiger partial charge in [-0.2, -0.15) is 0 Å². The Morgan fingerprint density at radius 2 is 1.76 bits per heavy atom. The van der Waals surface area contributed by atoms with Crippen molar-refractivity contribution in [2.24, 2.45) is 9.98 Å². The Kier molecular flexibility index (Phi) is 3.02. The van der Waals surface area contributed by atoms with Crippen LogP contribution < -0.4 is 0 Å². The van der Waals surface area contributed by atoms with Crippen LogP contribution in [0.4, 0.5) is 0 Å². The molecule has 0 saturated heterocycles. The average molecular weight is 346 g/mol. The number of hydrogen-bond donors (Lipinski definition) is 0. The molecular formula is C20H12ClN3O. The lowest BCUT2D eigenvalue weighted by Gasteiger charge is -2.31. The highest BCUT2D eigenvalue weighted by atomic mass is 35.5. The van der Waals surface area contributed by atoms with Gasteiger partial charge in [0.05, 0.1) is 11.3 Å². The molecule has 0 N–H and O–H groups in total. The number of guanidine groups is 1. The topological polar surface area (TPSA) is 45.0 Å². The van der Waals surface area contributed by atoms with Crippen LogP contribution in [0.5, 0.6) is 0 Å². The number of benzene rings is 2. The highest BCUT2D eigenvalue weighted by molar-refractivity contribution is 6.32. The number of aliphatic imine (C=N–C) groups is 2. The number of carbonyl (C=O) groups is 1. The number of rotatable bonds is 1. The highest BCUT2D eigenvalue weighted by Crippen LogP contribution is 2.47. The first kappa shape index (κ1) is 14.4. The van der Waals surface area contributed by atoms with Crippen molar-refractivity contribution in [1.29, 1.82) is 0 Å². The molecule has 5 rings (SSSR count). The first-order valence-electron chi connectivity index (χ1n) is 7.96. The molecule has 2 aromatic carbocycles. The van der Waals surface area contributed by atoms with Crippen LogP contribution in [0, 0.1) is 0 Å². The summed E-state index contributed by atoms with van der Waals surface area (Å²) in [5, 5.41) is 0.594. The van der Waals surface area contributed by atoms with Crippen molar-refractivity contribution in [3.05, 3.63) is 88.1 Å². The number of Topliss-reactive ketones (excluding diaryl/α,β-unsaturated/α-hetero) is 1. The molecular weight excluding hydrogens is 334 g/mol. The van der Waals surface area contributed by atoms with Gasteiger partial charge in [0.1, 0.15) is 6.04 Å². The van der Waals surface area contributed by atoms with E-state index in [0.717, 1.165) is 16.8 Å². The molecule has 4 nitrogen and oxygen atoms in total. The van der Waals surface area contributed by atoms with Gasteiger partial charge in [-0.3, -0.25) is 9.69 Å². The minimum Gasteiger partial charge on any atom is -0.289 e. The minimum absolute atomic E-state index is 0.00118. The molecule has 0 bridgehead atoms. The van der Waals surface area contributed by atoms with Gasteiger partial charge < -0.3 is 0 Å². The largest absolute Gasteiger partial charge is 0.289 e. The highest BCUT2D eigenvalue weighted by Gasteiger charge is 2.42. The van der Waals surface area contributed by atoms with Crippen LogP contribution in [0.3, 0.4) is 0 Å². The molecule has 2 aliphatic heterocycles. The van der Waals surface area contributed by atoms with Crippen molar-refractivity contribution in [2.45, 2.75) is 6.04 Å². The van der Waals surface area contributed by atoms with Crippen LogP contribution in [0.2, 0.25) is 5.02 Å². The smallest absolute Gasteiger partial charge is 0.230 e. The average Bonchev–Trinajstić information content (AvgIpc) is 2.96. The third kappa shape index (κ3) is 1.98. The fourth-order valence-electron chi connectivity index (χ4n) is 3.53. The predicted octanol–water partition coefficient (Wildman–Crippen LogP) is 4.26. The summed E-state index contributed by atoms with van der Waals surface area (Å²) in [6.45, 7) is 0. The number of fused-ring (bicyclic) bond motifs is 4. The van der Waals surface area contributed by atoms with Crippen LogP contribution in [0.15, 0.2) is 76.4 Å². The van der Waals surface area contributed by atoms with E-state index in [-0.39, 0.29) is 5.78 Å². The van der Waals surface area contributed by atoms with Crippen LogP contribution in [0.1, 0.15) is 27.5 Å². The molecule has 2 heterocycles. The molecule has 0 fully saturated rings. The fourth-order valence-corrected chi connectivity index (χ4v) is 3.77. The summed E-state index contributed by atoms with van der Waals surface area (Å²) in [5.41, 5.74) is 3.93. The van der Waals surface area contributed by atoms with Crippen molar-refractivity contribution < 1.29 is 4.79 Å². The molecule has 1 unspecified atom stereocenters. The van der Waals surface area contributed by atoms with Gasteiger partial charge in [0.15, 0.2) is 5.78 Å². The zero-order valence-corrected chi connectivity index (χ0v) is 13.8. The molecule has 0 saturated carbocycles. The van der Waals surface area contributed by atoms with Crippen LogP contribution in [-0.2, 0) is 0 Å². The summed E-state index contributed by atoms with van der Waals surface area (Å²) in [7, 11) is 0. The van der Waals surface area contributed by atoms with E-state index in [1.54, 1.807) is 6.21 Å². The number of allylic oxidation sites excluding steroid dienone is 1. The number of carbonyl (C=O) groups excluding carboxylic acids is 1. The molecule has 2 aromatic rings. The summed E-state index contributed by atoms with van der Waals surface area (Å²) in [5.74, 6) is 0.567. The lowest BCUT2D eigenvalue weighted by atomic mass is 9.94. The van der Waals surface area contributed by atoms with E-state index < -0.39 is 6.04 Å². The first-order chi connectivity index (χ1) is 12.3. The van der Waals surface area contributed by atoms with Gasteiger partial charge in [-0.25, -0.2) is 9.98 Å². The molecule has 0 radical (unpaired) electrons. The van der Waals surface area contributed by atoms with E-state index in [4.69, 9.17) is 16.6 Å². The first-order valence-corrected chi connectivity index (χ1v) is 8.34. The van der Waals surface area contributed by atoms with Gasteiger partial charge in [-0.1, -0.05) is 54.1 Å². The predicted molar refractivity (Wildman–Crippen MR) is 98.8 cm³/mol. The fraction of sp³-hybridized carbons (Fsp3) is 0.0500. The van der Waals surface area contributed by atoms with Gasteiger partial charge in [0.25, 0.3) is 0 Å². The summed E-state index contributed by atoms with van der Waals surface area (Å²) in [4.78, 5) is 24.2. The second-order valence-corrected chi connectivity index (χ2v) is 6.39. The van der Waals surface area contributed by atoms with Gasteiger partial charge >= 0.3 is 0 Å². The summed E-state index contributed by atoms with van der Waals surface area (Å²) >= 11 is 6.41. The van der Waals surface area contributed by atoms with Gasteiger partial charge in [0, 0.05) is 28.6 Å². The standard InChI is InChI=1S/C20H12ClN3O/c21-15-9-4-3-8-14(15)17-16-18(24-11-5-10-22-20(24)23-17)12-6-1-2-7-13(12)19(16)25/h1-11,17H. The van der Waals surface area contributed by atoms with Crippen LogP contribution in [0.25, 0.3) is 5.70 Å². The molecule has 0 spiro atoms. The van der Waals surface area contributed by atoms with E-state index in [1.165, 1.54) is 0 Å². The molecule has 120 valence electrons. The molecule has 1 aliphatic carbocycles. The number of halogens is 1. The summed E-state index contributed by atoms with van der Waals surface area (Å²) in [6.07, 6.45) is 5.43. The lowest BCUT2D eigenvalue weighted by molar-refractivity contribution is 0.103. The Labute approximate surface area is 149 Å². The lowest BCUT2D eigenvalue weighted by Crippen LogP contribution is -2.30. The maximum atomic E-state index is 13.1. The van der Waals surface area contributed by atoms with Crippen molar-refractivity contribution >= 4 is 35.3 Å². The Bertz CT molecular complexity index is 1050. The van der Waals surface area contributed by atoms with Crippen LogP contribution in [-0.4, -0.2) is 22.9 Å².